The first-order valence-corrected chi connectivity index (χ1v) is 8.63. The molecule has 26 heavy (non-hydrogen) atoms. The lowest BCUT2D eigenvalue weighted by Gasteiger charge is -2.23. The van der Waals surface area contributed by atoms with Crippen molar-refractivity contribution in [3.8, 4) is 11.3 Å². The quantitative estimate of drug-likeness (QED) is 0.806. The monoisotopic (exact) mass is 364 g/mol. The van der Waals surface area contributed by atoms with Gasteiger partial charge in [-0.25, -0.2) is 18.6 Å². The van der Waals surface area contributed by atoms with Gasteiger partial charge < -0.3 is 9.64 Å². The zero-order valence-electron chi connectivity index (χ0n) is 14.9. The Morgan fingerprint density at radius 1 is 1.38 bits per heavy atom. The molecule has 1 amide bonds. The molecule has 1 aliphatic rings. The van der Waals surface area contributed by atoms with Gasteiger partial charge in [0, 0.05) is 25.7 Å². The van der Waals surface area contributed by atoms with Gasteiger partial charge in [0.15, 0.2) is 0 Å². The Morgan fingerprint density at radius 2 is 2.12 bits per heavy atom. The van der Waals surface area contributed by atoms with Crippen molar-refractivity contribution < 1.29 is 18.3 Å². The lowest BCUT2D eigenvalue weighted by atomic mass is 10.1. The van der Waals surface area contributed by atoms with Gasteiger partial charge in [0.05, 0.1) is 17.6 Å². The molecule has 0 unspecified atom stereocenters. The summed E-state index contributed by atoms with van der Waals surface area (Å²) in [6.45, 7) is 0.00229. The minimum Gasteiger partial charge on any atom is -0.443 e. The van der Waals surface area contributed by atoms with Crippen molar-refractivity contribution in [3.63, 3.8) is 0 Å². The predicted molar refractivity (Wildman–Crippen MR) is 91.6 cm³/mol. The Kier molecular flexibility index (Phi) is 5.49. The highest BCUT2D eigenvalue weighted by Crippen LogP contribution is 2.26. The summed E-state index contributed by atoms with van der Waals surface area (Å²) in [4.78, 5) is 17.9. The lowest BCUT2D eigenvalue weighted by Crippen LogP contribution is -2.35. The van der Waals surface area contributed by atoms with Gasteiger partial charge in [0.2, 0.25) is 0 Å². The first-order chi connectivity index (χ1) is 12.5. The molecule has 0 aliphatic heterocycles. The van der Waals surface area contributed by atoms with E-state index in [9.17, 15) is 13.6 Å². The van der Waals surface area contributed by atoms with E-state index in [2.05, 4.69) is 10.1 Å². The minimum atomic E-state index is -2.65. The number of ether oxygens (including phenoxy) is 1. The van der Waals surface area contributed by atoms with Gasteiger partial charge >= 0.3 is 6.09 Å². The topological polar surface area (TPSA) is 60.3 Å². The molecule has 3 rings (SSSR count). The van der Waals surface area contributed by atoms with Crippen molar-refractivity contribution in [2.45, 2.75) is 44.8 Å². The third-order valence-electron chi connectivity index (χ3n) is 4.82. The summed E-state index contributed by atoms with van der Waals surface area (Å²) in [5.74, 6) is 0. The number of amides is 1. The van der Waals surface area contributed by atoms with Crippen LogP contribution in [0.15, 0.2) is 24.4 Å². The second-order valence-electron chi connectivity index (χ2n) is 6.48. The van der Waals surface area contributed by atoms with Crippen molar-refractivity contribution in [3.05, 3.63) is 35.8 Å². The molecule has 2 heterocycles. The average molecular weight is 364 g/mol. The Morgan fingerprint density at radius 3 is 2.81 bits per heavy atom. The molecule has 0 N–H and O–H groups in total. The molecule has 0 spiro atoms. The maximum atomic E-state index is 12.9. The summed E-state index contributed by atoms with van der Waals surface area (Å²) >= 11 is 0. The number of nitrogens with zero attached hydrogens (tertiary/aromatic N) is 4. The number of alkyl halides is 2. The highest BCUT2D eigenvalue weighted by Gasteiger charge is 2.25. The smallest absolute Gasteiger partial charge is 0.410 e. The number of carbonyl (C=O) groups excluding carboxylic acids is 1. The van der Waals surface area contributed by atoms with Gasteiger partial charge in [-0.3, -0.25) is 4.68 Å². The summed E-state index contributed by atoms with van der Waals surface area (Å²) in [5, 5.41) is 4.15. The van der Waals surface area contributed by atoms with Crippen molar-refractivity contribution in [1.29, 1.82) is 0 Å². The van der Waals surface area contributed by atoms with Crippen LogP contribution in [0.1, 0.15) is 43.5 Å². The Bertz CT molecular complexity index is 772. The summed E-state index contributed by atoms with van der Waals surface area (Å²) in [6.07, 6.45) is 2.74. The van der Waals surface area contributed by atoms with E-state index in [1.807, 2.05) is 0 Å². The number of halogens is 2. The summed E-state index contributed by atoms with van der Waals surface area (Å²) in [7, 11) is 3.46. The van der Waals surface area contributed by atoms with Gasteiger partial charge in [-0.2, -0.15) is 5.10 Å². The molecule has 2 aromatic rings. The molecular weight excluding hydrogens is 342 g/mol. The first-order valence-electron chi connectivity index (χ1n) is 8.63. The molecule has 8 heteroatoms. The van der Waals surface area contributed by atoms with Crippen LogP contribution in [0, 0.1) is 0 Å². The van der Waals surface area contributed by atoms with Gasteiger partial charge in [-0.1, -0.05) is 18.9 Å². The van der Waals surface area contributed by atoms with Crippen molar-refractivity contribution >= 4 is 6.09 Å². The number of rotatable bonds is 5. The molecule has 140 valence electrons. The molecule has 1 fully saturated rings. The number of hydrogen-bond acceptors (Lipinski definition) is 4. The minimum absolute atomic E-state index is 0.00229. The highest BCUT2D eigenvalue weighted by molar-refractivity contribution is 5.68. The van der Waals surface area contributed by atoms with E-state index in [0.717, 1.165) is 25.7 Å². The summed E-state index contributed by atoms with van der Waals surface area (Å²) in [5.41, 5.74) is 1.27. The number of aromatic nitrogens is 3. The van der Waals surface area contributed by atoms with Gasteiger partial charge in [-0.05, 0) is 25.0 Å². The molecule has 0 saturated heterocycles. The van der Waals surface area contributed by atoms with E-state index in [1.54, 1.807) is 35.9 Å². The molecule has 6 nitrogen and oxygen atoms in total. The maximum absolute atomic E-state index is 12.9. The van der Waals surface area contributed by atoms with Crippen LogP contribution in [0.2, 0.25) is 0 Å². The number of carbonyl (C=O) groups is 1. The van der Waals surface area contributed by atoms with Crippen molar-refractivity contribution in [2.24, 2.45) is 7.05 Å². The second-order valence-corrected chi connectivity index (χ2v) is 6.48. The fraction of sp³-hybridized carbons (Fsp3) is 0.500. The van der Waals surface area contributed by atoms with E-state index in [0.29, 0.717) is 17.0 Å². The maximum Gasteiger partial charge on any atom is 0.410 e. The third-order valence-corrected chi connectivity index (χ3v) is 4.82. The van der Waals surface area contributed by atoms with Crippen LogP contribution in [0.5, 0.6) is 0 Å². The Hall–Kier alpha value is -2.51. The largest absolute Gasteiger partial charge is 0.443 e. The van der Waals surface area contributed by atoms with Crippen LogP contribution in [0.25, 0.3) is 11.3 Å². The van der Waals surface area contributed by atoms with E-state index < -0.39 is 12.5 Å². The zero-order chi connectivity index (χ0) is 18.7. The van der Waals surface area contributed by atoms with Crippen molar-refractivity contribution in [1.82, 2.24) is 19.7 Å². The van der Waals surface area contributed by atoms with Crippen molar-refractivity contribution in [2.75, 3.05) is 7.05 Å². The average Bonchev–Trinajstić information content (AvgIpc) is 3.29. The second kappa shape index (κ2) is 7.80. The van der Waals surface area contributed by atoms with E-state index in [1.165, 1.54) is 12.1 Å². The number of pyridine rings is 1. The highest BCUT2D eigenvalue weighted by atomic mass is 19.3. The van der Waals surface area contributed by atoms with Crippen LogP contribution in [0.3, 0.4) is 0 Å². The van der Waals surface area contributed by atoms with E-state index in [4.69, 9.17) is 4.74 Å². The number of aryl methyl sites for hydroxylation is 1. The van der Waals surface area contributed by atoms with Crippen LogP contribution in [-0.2, 0) is 18.4 Å². The molecule has 0 aromatic carbocycles. The first kappa shape index (κ1) is 18.3. The summed E-state index contributed by atoms with van der Waals surface area (Å²) in [6, 6.07) is 4.66. The number of hydrogen-bond donors (Lipinski definition) is 0. The zero-order valence-corrected chi connectivity index (χ0v) is 14.9. The Labute approximate surface area is 150 Å². The normalized spacial score (nSPS) is 14.8. The lowest BCUT2D eigenvalue weighted by molar-refractivity contribution is 0.0899. The van der Waals surface area contributed by atoms with Gasteiger partial charge in [-0.15, -0.1) is 0 Å². The molecule has 0 atom stereocenters. The standard InChI is InChI=1S/C18H22F2N4O2/c1-23(12-6-3-4-7-12)18(25)26-11-16-13(10-21-24(16)2)14-8-5-9-15(22-14)17(19)20/h5,8-10,12,17H,3-4,6-7,11H2,1-2H3. The molecule has 0 bridgehead atoms. The molecule has 2 aromatic heterocycles. The molecule has 1 aliphatic carbocycles. The summed E-state index contributed by atoms with van der Waals surface area (Å²) < 4.78 is 32.8. The predicted octanol–water partition coefficient (Wildman–Crippen LogP) is 3.93. The molecule has 0 radical (unpaired) electrons. The van der Waals surface area contributed by atoms with E-state index >= 15 is 0 Å². The van der Waals surface area contributed by atoms with Crippen LogP contribution in [0.4, 0.5) is 13.6 Å². The van der Waals surface area contributed by atoms with Crippen LogP contribution in [-0.4, -0.2) is 38.8 Å². The van der Waals surface area contributed by atoms with Crippen LogP contribution >= 0.6 is 0 Å². The van der Waals surface area contributed by atoms with Gasteiger partial charge in [0.25, 0.3) is 6.43 Å². The fourth-order valence-corrected chi connectivity index (χ4v) is 3.24. The van der Waals surface area contributed by atoms with Gasteiger partial charge in [0.1, 0.15) is 12.3 Å². The van der Waals surface area contributed by atoms with Crippen LogP contribution < -0.4 is 0 Å². The van der Waals surface area contributed by atoms with E-state index in [-0.39, 0.29) is 18.3 Å². The fourth-order valence-electron chi connectivity index (χ4n) is 3.24. The third kappa shape index (κ3) is 3.84. The SMILES string of the molecule is CN(C(=O)OCc1c(-c2cccc(C(F)F)n2)cnn1C)C1CCCC1. The molecular formula is C18H22F2N4O2. The molecule has 1 saturated carbocycles. The Balaban J connectivity index is 1.74.